The van der Waals surface area contributed by atoms with Crippen molar-refractivity contribution in [2.45, 2.75) is 24.9 Å². The molecule has 0 amide bonds. The molecular weight excluding hydrogens is 255 g/mol. The van der Waals surface area contributed by atoms with E-state index in [0.717, 1.165) is 23.3 Å². The molecule has 1 heterocycles. The van der Waals surface area contributed by atoms with Gasteiger partial charge in [-0.3, -0.25) is 0 Å². The van der Waals surface area contributed by atoms with Crippen LogP contribution in [0, 0.1) is 5.82 Å². The quantitative estimate of drug-likeness (QED) is 0.929. The Morgan fingerprint density at radius 2 is 1.90 bits per heavy atom. The van der Waals surface area contributed by atoms with Crippen LogP contribution >= 0.6 is 0 Å². The molecule has 3 rings (SSSR count). The van der Waals surface area contributed by atoms with Crippen LogP contribution in [0.25, 0.3) is 0 Å². The summed E-state index contributed by atoms with van der Waals surface area (Å²) in [5.74, 6) is 0.687. The normalized spacial score (nSPS) is 19.0. The van der Waals surface area contributed by atoms with Crippen LogP contribution in [-0.4, -0.2) is 17.8 Å². The van der Waals surface area contributed by atoms with Crippen molar-refractivity contribution in [2.24, 2.45) is 0 Å². The zero-order chi connectivity index (χ0) is 13.9. The number of para-hydroxylation sites is 1. The molecule has 104 valence electrons. The lowest BCUT2D eigenvalue weighted by Gasteiger charge is -2.29. The summed E-state index contributed by atoms with van der Waals surface area (Å²) < 4.78 is 18.5. The number of hydrogen-bond acceptors (Lipinski definition) is 2. The number of halogens is 1. The van der Waals surface area contributed by atoms with Crippen LogP contribution < -0.4 is 4.74 Å². The summed E-state index contributed by atoms with van der Waals surface area (Å²) in [6, 6.07) is 14.2. The van der Waals surface area contributed by atoms with Gasteiger partial charge in [-0.15, -0.1) is 0 Å². The minimum absolute atomic E-state index is 0.0741. The van der Waals surface area contributed by atoms with E-state index < -0.39 is 6.10 Å². The first-order valence-corrected chi connectivity index (χ1v) is 6.88. The van der Waals surface area contributed by atoms with Crippen LogP contribution in [0.4, 0.5) is 4.39 Å². The van der Waals surface area contributed by atoms with Gasteiger partial charge in [-0.25, -0.2) is 4.39 Å². The molecule has 0 aliphatic carbocycles. The van der Waals surface area contributed by atoms with Crippen molar-refractivity contribution < 1.29 is 14.2 Å². The molecule has 3 heteroatoms. The molecule has 0 saturated carbocycles. The molecule has 0 aromatic heterocycles. The molecule has 20 heavy (non-hydrogen) atoms. The smallest absolute Gasteiger partial charge is 0.123 e. The molecule has 0 fully saturated rings. The van der Waals surface area contributed by atoms with Gasteiger partial charge in [0.2, 0.25) is 0 Å². The van der Waals surface area contributed by atoms with E-state index in [2.05, 4.69) is 0 Å². The van der Waals surface area contributed by atoms with Gasteiger partial charge in [0, 0.05) is 5.92 Å². The third-order valence-electron chi connectivity index (χ3n) is 3.83. The van der Waals surface area contributed by atoms with Gasteiger partial charge < -0.3 is 9.84 Å². The SMILES string of the molecule is OC(Cc1ccc(F)cc1)C1CCOc2ccccc21. The van der Waals surface area contributed by atoms with Gasteiger partial charge >= 0.3 is 0 Å². The standard InChI is InChI=1S/C17H17FO2/c18-13-7-5-12(6-8-13)11-16(19)14-9-10-20-17-4-2-1-3-15(14)17/h1-8,14,16,19H,9-11H2. The van der Waals surface area contributed by atoms with E-state index >= 15 is 0 Å². The van der Waals surface area contributed by atoms with Crippen molar-refractivity contribution in [3.63, 3.8) is 0 Å². The van der Waals surface area contributed by atoms with Gasteiger partial charge in [-0.1, -0.05) is 30.3 Å². The van der Waals surface area contributed by atoms with Crippen LogP contribution in [-0.2, 0) is 6.42 Å². The molecule has 2 aromatic carbocycles. The summed E-state index contributed by atoms with van der Waals surface area (Å²) in [6.45, 7) is 0.627. The zero-order valence-corrected chi connectivity index (χ0v) is 11.1. The van der Waals surface area contributed by atoms with Crippen molar-refractivity contribution in [1.29, 1.82) is 0 Å². The summed E-state index contributed by atoms with van der Waals surface area (Å²) in [7, 11) is 0. The highest BCUT2D eigenvalue weighted by molar-refractivity contribution is 5.38. The number of ether oxygens (including phenoxy) is 1. The first-order valence-electron chi connectivity index (χ1n) is 6.88. The minimum atomic E-state index is -0.481. The highest BCUT2D eigenvalue weighted by atomic mass is 19.1. The lowest BCUT2D eigenvalue weighted by molar-refractivity contribution is 0.116. The number of hydrogen-bond donors (Lipinski definition) is 1. The van der Waals surface area contributed by atoms with Crippen LogP contribution in [0.5, 0.6) is 5.75 Å². The fraction of sp³-hybridized carbons (Fsp3) is 0.294. The van der Waals surface area contributed by atoms with Gasteiger partial charge in [0.1, 0.15) is 11.6 Å². The highest BCUT2D eigenvalue weighted by Gasteiger charge is 2.27. The minimum Gasteiger partial charge on any atom is -0.493 e. The van der Waals surface area contributed by atoms with Gasteiger partial charge in [0.25, 0.3) is 0 Å². The average Bonchev–Trinajstić information content (AvgIpc) is 2.49. The molecule has 2 atom stereocenters. The third-order valence-corrected chi connectivity index (χ3v) is 3.83. The number of fused-ring (bicyclic) bond motifs is 1. The number of benzene rings is 2. The van der Waals surface area contributed by atoms with Gasteiger partial charge in [0.05, 0.1) is 12.7 Å². The average molecular weight is 272 g/mol. The molecule has 2 aromatic rings. The first-order chi connectivity index (χ1) is 9.74. The first kappa shape index (κ1) is 13.1. The Kier molecular flexibility index (Phi) is 3.70. The largest absolute Gasteiger partial charge is 0.493 e. The third kappa shape index (κ3) is 2.68. The van der Waals surface area contributed by atoms with E-state index in [4.69, 9.17) is 4.74 Å². The van der Waals surface area contributed by atoms with Crippen LogP contribution in [0.3, 0.4) is 0 Å². The van der Waals surface area contributed by atoms with Crippen molar-refractivity contribution >= 4 is 0 Å². The van der Waals surface area contributed by atoms with Crippen LogP contribution in [0.15, 0.2) is 48.5 Å². The molecule has 1 aliphatic heterocycles. The van der Waals surface area contributed by atoms with Crippen molar-refractivity contribution in [1.82, 2.24) is 0 Å². The summed E-state index contributed by atoms with van der Waals surface area (Å²) in [5, 5.41) is 10.5. The lowest BCUT2D eigenvalue weighted by atomic mass is 9.85. The van der Waals surface area contributed by atoms with Crippen LogP contribution in [0.2, 0.25) is 0 Å². The fourth-order valence-electron chi connectivity index (χ4n) is 2.77. The summed E-state index contributed by atoms with van der Waals surface area (Å²) in [6.07, 6.45) is 0.851. The Morgan fingerprint density at radius 1 is 1.15 bits per heavy atom. The molecule has 0 radical (unpaired) electrons. The van der Waals surface area contributed by atoms with E-state index in [1.54, 1.807) is 12.1 Å². The van der Waals surface area contributed by atoms with Crippen LogP contribution in [0.1, 0.15) is 23.5 Å². The Hall–Kier alpha value is -1.87. The molecule has 0 bridgehead atoms. The second kappa shape index (κ2) is 5.63. The predicted octanol–water partition coefficient (Wildman–Crippen LogP) is 3.30. The topological polar surface area (TPSA) is 29.5 Å². The maximum Gasteiger partial charge on any atom is 0.123 e. The highest BCUT2D eigenvalue weighted by Crippen LogP contribution is 2.36. The van der Waals surface area contributed by atoms with E-state index in [1.165, 1.54) is 12.1 Å². The monoisotopic (exact) mass is 272 g/mol. The molecule has 0 spiro atoms. The van der Waals surface area contributed by atoms with Gasteiger partial charge in [-0.05, 0) is 42.2 Å². The van der Waals surface area contributed by atoms with E-state index in [1.807, 2.05) is 24.3 Å². The molecule has 2 nitrogen and oxygen atoms in total. The van der Waals surface area contributed by atoms with E-state index in [0.29, 0.717) is 13.0 Å². The summed E-state index contributed by atoms with van der Waals surface area (Å²) in [4.78, 5) is 0. The lowest BCUT2D eigenvalue weighted by Crippen LogP contribution is -2.26. The second-order valence-electron chi connectivity index (χ2n) is 5.18. The van der Waals surface area contributed by atoms with Gasteiger partial charge in [-0.2, -0.15) is 0 Å². The maximum absolute atomic E-state index is 12.9. The summed E-state index contributed by atoms with van der Waals surface area (Å²) >= 11 is 0. The number of aliphatic hydroxyl groups excluding tert-OH is 1. The molecular formula is C17H17FO2. The Morgan fingerprint density at radius 3 is 2.70 bits per heavy atom. The van der Waals surface area contributed by atoms with Crippen molar-refractivity contribution in [3.8, 4) is 5.75 Å². The van der Waals surface area contributed by atoms with Crippen molar-refractivity contribution in [2.75, 3.05) is 6.61 Å². The Balaban J connectivity index is 1.78. The number of aliphatic hydroxyl groups is 1. The Bertz CT molecular complexity index is 580. The molecule has 1 N–H and O–H groups in total. The molecule has 0 saturated heterocycles. The predicted molar refractivity (Wildman–Crippen MR) is 75.4 cm³/mol. The molecule has 2 unspecified atom stereocenters. The fourth-order valence-corrected chi connectivity index (χ4v) is 2.77. The Labute approximate surface area is 117 Å². The van der Waals surface area contributed by atoms with E-state index in [-0.39, 0.29) is 11.7 Å². The summed E-state index contributed by atoms with van der Waals surface area (Å²) in [5.41, 5.74) is 2.01. The second-order valence-corrected chi connectivity index (χ2v) is 5.18. The van der Waals surface area contributed by atoms with Gasteiger partial charge in [0.15, 0.2) is 0 Å². The molecule has 1 aliphatic rings. The van der Waals surface area contributed by atoms with E-state index in [9.17, 15) is 9.50 Å². The maximum atomic E-state index is 12.9. The van der Waals surface area contributed by atoms with Crippen molar-refractivity contribution in [3.05, 3.63) is 65.5 Å². The zero-order valence-electron chi connectivity index (χ0n) is 11.1. The number of rotatable bonds is 3.